The van der Waals surface area contributed by atoms with Gasteiger partial charge in [0, 0.05) is 12.8 Å². The first-order valence-electron chi connectivity index (χ1n) is 5.54. The van der Waals surface area contributed by atoms with Crippen molar-refractivity contribution in [1.82, 2.24) is 0 Å². The summed E-state index contributed by atoms with van der Waals surface area (Å²) >= 11 is 0. The fourth-order valence-corrected chi connectivity index (χ4v) is 0.391. The molecule has 0 aliphatic heterocycles. The Morgan fingerprint density at radius 3 is 1.24 bits per heavy atom. The molecule has 0 spiro atoms. The van der Waals surface area contributed by atoms with Crippen LogP contribution in [0.5, 0.6) is 0 Å². The molecule has 0 unspecified atom stereocenters. The van der Waals surface area contributed by atoms with Crippen molar-refractivity contribution >= 4 is 11.9 Å². The Labute approximate surface area is 102 Å². The first kappa shape index (κ1) is 18.3. The second kappa shape index (κ2) is 7.27. The monoisotopic (exact) mass is 248 g/mol. The normalized spacial score (nSPS) is 11.4. The van der Waals surface area contributed by atoms with Crippen molar-refractivity contribution in [3.63, 3.8) is 0 Å². The highest BCUT2D eigenvalue weighted by Gasteiger charge is 2.29. The molecule has 0 aliphatic rings. The minimum atomic E-state index is -0.948. The quantitative estimate of drug-likeness (QED) is 0.708. The highest BCUT2D eigenvalue weighted by molar-refractivity contribution is 5.69. The molecule has 17 heavy (non-hydrogen) atoms. The van der Waals surface area contributed by atoms with Gasteiger partial charge in [0.15, 0.2) is 0 Å². The minimum Gasteiger partial charge on any atom is -0.481 e. The van der Waals surface area contributed by atoms with Gasteiger partial charge in [0.1, 0.15) is 0 Å². The van der Waals surface area contributed by atoms with Crippen LogP contribution < -0.4 is 0 Å². The average Bonchev–Trinajstić information content (AvgIpc) is 1.99. The molecule has 0 amide bonds. The summed E-state index contributed by atoms with van der Waals surface area (Å²) in [5, 5.41) is 25.4. The molecule has 0 saturated carbocycles. The molecule has 5 heteroatoms. The van der Waals surface area contributed by atoms with Crippen LogP contribution in [0, 0.1) is 5.41 Å². The molecule has 0 heterocycles. The van der Waals surface area contributed by atoms with Crippen molar-refractivity contribution in [3.05, 3.63) is 0 Å². The van der Waals surface area contributed by atoms with Crippen LogP contribution in [-0.2, 0) is 9.59 Å². The van der Waals surface area contributed by atoms with Crippen molar-refractivity contribution in [2.75, 3.05) is 0 Å². The predicted molar refractivity (Wildman–Crippen MR) is 64.9 cm³/mol. The van der Waals surface area contributed by atoms with Crippen LogP contribution in [0.25, 0.3) is 0 Å². The van der Waals surface area contributed by atoms with E-state index >= 15 is 0 Å². The molecule has 0 aromatic carbocycles. The standard InChI is InChI=1S/C7H16O.C5H8O4/c1-6(2,3)7(4,5)8;6-4(7)2-1-3-5(8)9/h8H,1-5H3;1-3H2,(H,6,7)(H,8,9). The summed E-state index contributed by atoms with van der Waals surface area (Å²) in [5.41, 5.74) is -0.569. The van der Waals surface area contributed by atoms with Crippen LogP contribution in [0.4, 0.5) is 0 Å². The van der Waals surface area contributed by atoms with E-state index in [2.05, 4.69) is 0 Å². The fourth-order valence-electron chi connectivity index (χ4n) is 0.391. The summed E-state index contributed by atoms with van der Waals surface area (Å²) in [5.74, 6) is -1.90. The van der Waals surface area contributed by atoms with Gasteiger partial charge in [0.2, 0.25) is 0 Å². The summed E-state index contributed by atoms with van der Waals surface area (Å²) in [6.45, 7) is 9.72. The molecule has 5 nitrogen and oxygen atoms in total. The summed E-state index contributed by atoms with van der Waals surface area (Å²) in [6, 6.07) is 0. The van der Waals surface area contributed by atoms with Gasteiger partial charge in [0.25, 0.3) is 0 Å². The van der Waals surface area contributed by atoms with E-state index in [-0.39, 0.29) is 24.7 Å². The molecule has 0 aromatic heterocycles. The third kappa shape index (κ3) is 12.8. The molecule has 0 fully saturated rings. The van der Waals surface area contributed by atoms with Gasteiger partial charge in [-0.05, 0) is 25.7 Å². The van der Waals surface area contributed by atoms with Gasteiger partial charge in [-0.25, -0.2) is 0 Å². The molecule has 0 aromatic rings. The van der Waals surface area contributed by atoms with Gasteiger partial charge in [0.05, 0.1) is 5.60 Å². The number of hydrogen-bond donors (Lipinski definition) is 3. The highest BCUT2D eigenvalue weighted by atomic mass is 16.4. The van der Waals surface area contributed by atoms with E-state index in [0.29, 0.717) is 0 Å². The number of hydrogen-bond acceptors (Lipinski definition) is 3. The Morgan fingerprint density at radius 2 is 1.12 bits per heavy atom. The summed E-state index contributed by atoms with van der Waals surface area (Å²) in [6.07, 6.45) is 0.0866. The van der Waals surface area contributed by atoms with E-state index in [0.717, 1.165) is 0 Å². The van der Waals surface area contributed by atoms with Gasteiger partial charge in [-0.15, -0.1) is 0 Å². The SMILES string of the molecule is CC(C)(C)C(C)(C)O.O=C(O)CCCC(=O)O. The van der Waals surface area contributed by atoms with Crippen molar-refractivity contribution in [2.45, 2.75) is 59.5 Å². The van der Waals surface area contributed by atoms with Crippen LogP contribution >= 0.6 is 0 Å². The van der Waals surface area contributed by atoms with Gasteiger partial charge < -0.3 is 15.3 Å². The second-order valence-corrected chi connectivity index (χ2v) is 5.45. The zero-order chi connectivity index (χ0) is 14.3. The maximum Gasteiger partial charge on any atom is 0.303 e. The average molecular weight is 248 g/mol. The molecule has 0 atom stereocenters. The van der Waals surface area contributed by atoms with Crippen LogP contribution in [0.2, 0.25) is 0 Å². The topological polar surface area (TPSA) is 94.8 Å². The summed E-state index contributed by atoms with van der Waals surface area (Å²) in [4.78, 5) is 19.6. The number of rotatable bonds is 4. The van der Waals surface area contributed by atoms with E-state index in [1.807, 2.05) is 34.6 Å². The predicted octanol–water partition coefficient (Wildman–Crippen LogP) is 2.13. The number of aliphatic hydroxyl groups is 1. The molecule has 0 aliphatic carbocycles. The lowest BCUT2D eigenvalue weighted by molar-refractivity contribution is -0.138. The van der Waals surface area contributed by atoms with E-state index < -0.39 is 17.5 Å². The number of carboxylic acids is 2. The van der Waals surface area contributed by atoms with E-state index in [1.165, 1.54) is 0 Å². The molecule has 102 valence electrons. The van der Waals surface area contributed by atoms with Crippen molar-refractivity contribution in [1.29, 1.82) is 0 Å². The maximum absolute atomic E-state index is 9.79. The smallest absolute Gasteiger partial charge is 0.303 e. The van der Waals surface area contributed by atoms with Gasteiger partial charge in [-0.1, -0.05) is 20.8 Å². The maximum atomic E-state index is 9.79. The molecular weight excluding hydrogens is 224 g/mol. The molecule has 0 bridgehead atoms. The zero-order valence-electron chi connectivity index (χ0n) is 11.3. The fraction of sp³-hybridized carbons (Fsp3) is 0.833. The molecule has 0 radical (unpaired) electrons. The number of carboxylic acid groups (broad SMARTS) is 2. The van der Waals surface area contributed by atoms with E-state index in [1.54, 1.807) is 0 Å². The molecule has 3 N–H and O–H groups in total. The van der Waals surface area contributed by atoms with E-state index in [9.17, 15) is 14.7 Å². The van der Waals surface area contributed by atoms with Crippen LogP contribution in [0.3, 0.4) is 0 Å². The van der Waals surface area contributed by atoms with Crippen LogP contribution in [0.1, 0.15) is 53.9 Å². The lowest BCUT2D eigenvalue weighted by atomic mass is 9.79. The molecule has 0 saturated heterocycles. The van der Waals surface area contributed by atoms with Crippen molar-refractivity contribution in [2.24, 2.45) is 5.41 Å². The van der Waals surface area contributed by atoms with Crippen molar-refractivity contribution < 1.29 is 24.9 Å². The highest BCUT2D eigenvalue weighted by Crippen LogP contribution is 2.28. The molecular formula is C12H24O5. The van der Waals surface area contributed by atoms with Gasteiger partial charge in [-0.2, -0.15) is 0 Å². The number of carbonyl (C=O) groups is 2. The van der Waals surface area contributed by atoms with Gasteiger partial charge >= 0.3 is 11.9 Å². The Kier molecular flexibility index (Phi) is 7.81. The lowest BCUT2D eigenvalue weighted by Crippen LogP contribution is -2.35. The van der Waals surface area contributed by atoms with Crippen molar-refractivity contribution in [3.8, 4) is 0 Å². The first-order chi connectivity index (χ1) is 7.38. The first-order valence-corrected chi connectivity index (χ1v) is 5.54. The Morgan fingerprint density at radius 1 is 0.882 bits per heavy atom. The number of aliphatic carboxylic acids is 2. The third-order valence-electron chi connectivity index (χ3n) is 2.62. The van der Waals surface area contributed by atoms with Crippen LogP contribution in [0.15, 0.2) is 0 Å². The second-order valence-electron chi connectivity index (χ2n) is 5.45. The third-order valence-corrected chi connectivity index (χ3v) is 2.62. The Hall–Kier alpha value is -1.10. The van der Waals surface area contributed by atoms with Crippen LogP contribution in [-0.4, -0.2) is 32.9 Å². The molecule has 0 rings (SSSR count). The van der Waals surface area contributed by atoms with E-state index in [4.69, 9.17) is 10.2 Å². The summed E-state index contributed by atoms with van der Waals surface area (Å²) in [7, 11) is 0. The Bertz CT molecular complexity index is 219. The largest absolute Gasteiger partial charge is 0.481 e. The Balaban J connectivity index is 0. The summed E-state index contributed by atoms with van der Waals surface area (Å²) < 4.78 is 0. The lowest BCUT2D eigenvalue weighted by Gasteiger charge is -2.33. The zero-order valence-corrected chi connectivity index (χ0v) is 11.3. The van der Waals surface area contributed by atoms with Gasteiger partial charge in [-0.3, -0.25) is 9.59 Å². The minimum absolute atomic E-state index is 0.00694.